The van der Waals surface area contributed by atoms with Gasteiger partial charge in [-0.1, -0.05) is 77.0 Å². The number of rotatable bonds is 6. The fourth-order valence-electron chi connectivity index (χ4n) is 4.58. The molecule has 0 saturated heterocycles. The molecule has 0 radical (unpaired) electrons. The molecular weight excluding hydrogens is 869 g/mol. The average molecular weight is 902 g/mol. The van der Waals surface area contributed by atoms with Crippen LogP contribution in [0.15, 0.2) is 45.3 Å². The van der Waals surface area contributed by atoms with Crippen LogP contribution in [-0.2, 0) is 9.47 Å². The second-order valence-corrected chi connectivity index (χ2v) is 13.2. The van der Waals surface area contributed by atoms with Crippen LogP contribution in [0.2, 0.25) is 0 Å². The topological polar surface area (TPSA) is 71.1 Å². The van der Waals surface area contributed by atoms with Crippen LogP contribution >= 0.6 is 77.0 Å². The molecule has 0 unspecified atom stereocenters. The monoisotopic (exact) mass is 900 g/mol. The molecule has 1 spiro atoms. The van der Waals surface area contributed by atoms with Gasteiger partial charge in [0, 0.05) is 32.0 Å². The Morgan fingerprint density at radius 2 is 1.54 bits per heavy atom. The standard InChI is InChI=1S/C14H15BrO3.C8H5BrO2.C6H12I2O.Na.H/c1-17-10-4-6-14(7-5-10)13(16)11-8-9(15)2-3-12(11)18-14;9-5-1-2-8-6(3-5)7(10)4-11-8;1-9-6(2-4-7)3-5-8;;/h2-3,8,10H,4-7H2,1H3;1-3H,4H2;6H,2-5H2,1H3;;/q;;;+1;-1. The number of carbonyl (C=O) groups is 2. The molecule has 1 saturated carbocycles. The van der Waals surface area contributed by atoms with Crippen molar-refractivity contribution in [3.63, 3.8) is 0 Å². The van der Waals surface area contributed by atoms with Crippen molar-refractivity contribution in [1.82, 2.24) is 0 Å². The zero-order valence-corrected chi connectivity index (χ0v) is 31.9. The molecule has 1 fully saturated rings. The van der Waals surface area contributed by atoms with Gasteiger partial charge in [-0.2, -0.15) is 0 Å². The Balaban J connectivity index is 0.000000316. The van der Waals surface area contributed by atoms with Gasteiger partial charge in [-0.15, -0.1) is 0 Å². The molecule has 2 aliphatic heterocycles. The molecular formula is C28H33Br2I2NaO6. The van der Waals surface area contributed by atoms with Gasteiger partial charge in [0.15, 0.2) is 12.2 Å². The third-order valence-electron chi connectivity index (χ3n) is 6.78. The van der Waals surface area contributed by atoms with Gasteiger partial charge in [0.1, 0.15) is 11.5 Å². The van der Waals surface area contributed by atoms with Crippen molar-refractivity contribution in [2.75, 3.05) is 29.7 Å². The average Bonchev–Trinajstić information content (AvgIpc) is 3.41. The Bertz CT molecular complexity index is 1110. The Morgan fingerprint density at radius 3 is 2.08 bits per heavy atom. The summed E-state index contributed by atoms with van der Waals surface area (Å²) in [6.45, 7) is 0.186. The fourth-order valence-corrected chi connectivity index (χ4v) is 6.70. The van der Waals surface area contributed by atoms with Crippen LogP contribution < -0.4 is 39.0 Å². The normalized spacial score (nSPS) is 20.5. The SMILES string of the molecule is COC(CCI)CCI.COC1CCC2(CC1)Oc1ccc(Br)cc1C2=O.O=C1COc2ccc(Br)cc21.[H-].[Na+]. The molecule has 0 atom stereocenters. The number of hydrogen-bond acceptors (Lipinski definition) is 6. The van der Waals surface area contributed by atoms with Crippen molar-refractivity contribution in [3.05, 3.63) is 56.5 Å². The molecule has 11 heteroatoms. The summed E-state index contributed by atoms with van der Waals surface area (Å²) in [5.74, 6) is 1.60. The van der Waals surface area contributed by atoms with E-state index in [-0.39, 0.29) is 55.3 Å². The number of ether oxygens (including phenoxy) is 4. The van der Waals surface area contributed by atoms with Gasteiger partial charge < -0.3 is 20.4 Å². The van der Waals surface area contributed by atoms with Crippen molar-refractivity contribution < 1.29 is 59.5 Å². The molecule has 210 valence electrons. The van der Waals surface area contributed by atoms with E-state index in [9.17, 15) is 9.59 Å². The number of fused-ring (bicyclic) bond motifs is 2. The molecule has 0 amide bonds. The maximum absolute atomic E-state index is 12.5. The summed E-state index contributed by atoms with van der Waals surface area (Å²) in [5.41, 5.74) is 0.762. The minimum atomic E-state index is -0.627. The van der Waals surface area contributed by atoms with Gasteiger partial charge in [-0.3, -0.25) is 9.59 Å². The van der Waals surface area contributed by atoms with E-state index in [0.29, 0.717) is 23.0 Å². The summed E-state index contributed by atoms with van der Waals surface area (Å²) in [5, 5.41) is 0. The van der Waals surface area contributed by atoms with Crippen molar-refractivity contribution in [2.45, 2.75) is 56.3 Å². The molecule has 0 N–H and O–H groups in total. The second-order valence-electron chi connectivity index (χ2n) is 9.17. The number of halogens is 4. The maximum atomic E-state index is 12.5. The first-order chi connectivity index (χ1) is 18.3. The molecule has 0 bridgehead atoms. The predicted octanol–water partition coefficient (Wildman–Crippen LogP) is 5.14. The number of ketones is 2. The zero-order chi connectivity index (χ0) is 27.7. The van der Waals surface area contributed by atoms with Crippen LogP contribution in [0.1, 0.15) is 60.7 Å². The third-order valence-corrected chi connectivity index (χ3v) is 9.01. The number of alkyl halides is 2. The second kappa shape index (κ2) is 17.7. The van der Waals surface area contributed by atoms with Crippen molar-refractivity contribution in [3.8, 4) is 11.5 Å². The van der Waals surface area contributed by atoms with Crippen molar-refractivity contribution in [1.29, 1.82) is 0 Å². The van der Waals surface area contributed by atoms with E-state index in [4.69, 9.17) is 18.9 Å². The zero-order valence-electron chi connectivity index (χ0n) is 23.4. The molecule has 39 heavy (non-hydrogen) atoms. The predicted molar refractivity (Wildman–Crippen MR) is 174 cm³/mol. The van der Waals surface area contributed by atoms with Crippen LogP contribution in [0, 0.1) is 0 Å². The van der Waals surface area contributed by atoms with Gasteiger partial charge in [-0.05, 0) is 74.9 Å². The smallest absolute Gasteiger partial charge is 1.00 e. The molecule has 2 aromatic carbocycles. The number of benzene rings is 2. The molecule has 6 nitrogen and oxygen atoms in total. The molecule has 5 rings (SSSR count). The summed E-state index contributed by atoms with van der Waals surface area (Å²) in [7, 11) is 3.52. The largest absolute Gasteiger partial charge is 1.00 e. The summed E-state index contributed by atoms with van der Waals surface area (Å²) >= 11 is 11.4. The van der Waals surface area contributed by atoms with E-state index in [2.05, 4.69) is 77.0 Å². The van der Waals surface area contributed by atoms with E-state index >= 15 is 0 Å². The van der Waals surface area contributed by atoms with Gasteiger partial charge >= 0.3 is 29.6 Å². The molecule has 2 aromatic rings. The van der Waals surface area contributed by atoms with E-state index in [1.54, 1.807) is 26.4 Å². The first-order valence-electron chi connectivity index (χ1n) is 12.4. The molecule has 1 aliphatic carbocycles. The van der Waals surface area contributed by atoms with Crippen LogP contribution in [-0.4, -0.2) is 59.1 Å². The van der Waals surface area contributed by atoms with Gasteiger partial charge in [0.25, 0.3) is 0 Å². The van der Waals surface area contributed by atoms with E-state index in [0.717, 1.165) is 40.4 Å². The summed E-state index contributed by atoms with van der Waals surface area (Å²) in [6, 6.07) is 11.1. The Kier molecular flexibility index (Phi) is 16.3. The van der Waals surface area contributed by atoms with Crippen LogP contribution in [0.4, 0.5) is 0 Å². The van der Waals surface area contributed by atoms with Gasteiger partial charge in [0.05, 0.1) is 23.3 Å². The molecule has 0 aromatic heterocycles. The minimum absolute atomic E-state index is 0. The number of carbonyl (C=O) groups excluding carboxylic acids is 2. The van der Waals surface area contributed by atoms with Crippen molar-refractivity contribution >= 4 is 88.6 Å². The third kappa shape index (κ3) is 9.87. The summed E-state index contributed by atoms with van der Waals surface area (Å²) < 4.78 is 25.9. The van der Waals surface area contributed by atoms with E-state index in [1.807, 2.05) is 24.3 Å². The fraction of sp³-hybridized carbons (Fsp3) is 0.500. The van der Waals surface area contributed by atoms with Crippen LogP contribution in [0.25, 0.3) is 0 Å². The quantitative estimate of drug-likeness (QED) is 0.228. The Morgan fingerprint density at radius 1 is 0.974 bits per heavy atom. The minimum Gasteiger partial charge on any atom is -1.00 e. The van der Waals surface area contributed by atoms with Crippen LogP contribution in [0.3, 0.4) is 0 Å². The maximum Gasteiger partial charge on any atom is 1.00 e. The summed E-state index contributed by atoms with van der Waals surface area (Å²) in [6.07, 6.45) is 6.42. The first kappa shape index (κ1) is 35.9. The van der Waals surface area contributed by atoms with Crippen LogP contribution in [0.5, 0.6) is 11.5 Å². The Hall–Kier alpha value is 0.720. The van der Waals surface area contributed by atoms with E-state index in [1.165, 1.54) is 21.7 Å². The first-order valence-corrected chi connectivity index (χ1v) is 17.1. The molecule has 2 heterocycles. The Labute approximate surface area is 298 Å². The number of Topliss-reactive ketones (excluding diaryl/α,β-unsaturated/α-hetero) is 2. The van der Waals surface area contributed by atoms with E-state index < -0.39 is 5.60 Å². The van der Waals surface area contributed by atoms with Crippen molar-refractivity contribution in [2.24, 2.45) is 0 Å². The van der Waals surface area contributed by atoms with Gasteiger partial charge in [0.2, 0.25) is 11.6 Å². The number of hydrogen-bond donors (Lipinski definition) is 0. The number of methoxy groups -OCH3 is 2. The summed E-state index contributed by atoms with van der Waals surface area (Å²) in [4.78, 5) is 23.6. The van der Waals surface area contributed by atoms with Gasteiger partial charge in [-0.25, -0.2) is 0 Å². The molecule has 3 aliphatic rings.